The van der Waals surface area contributed by atoms with E-state index >= 15 is 0 Å². The number of carbonyl (C=O) groups is 1. The van der Waals surface area contributed by atoms with Crippen LogP contribution in [0.1, 0.15) is 23.4 Å². The highest BCUT2D eigenvalue weighted by Crippen LogP contribution is 2.16. The molecule has 2 aromatic carbocycles. The fourth-order valence-corrected chi connectivity index (χ4v) is 2.36. The molecular formula is C19H18FN3O2. The Morgan fingerprint density at radius 3 is 2.68 bits per heavy atom. The van der Waals surface area contributed by atoms with Gasteiger partial charge in [-0.25, -0.2) is 4.39 Å². The van der Waals surface area contributed by atoms with E-state index in [1.807, 2.05) is 31.2 Å². The number of carbonyl (C=O) groups excluding carboxylic acids is 1. The van der Waals surface area contributed by atoms with Gasteiger partial charge < -0.3 is 9.84 Å². The van der Waals surface area contributed by atoms with E-state index in [-0.39, 0.29) is 24.7 Å². The summed E-state index contributed by atoms with van der Waals surface area (Å²) in [7, 11) is 0. The number of benzene rings is 2. The SMILES string of the molecule is Cc1ccc(-c2noc(CNC(=O)CCc3ccccc3F)n2)cc1. The number of amides is 1. The van der Waals surface area contributed by atoms with Crippen LogP contribution in [0.5, 0.6) is 0 Å². The molecule has 1 N–H and O–H groups in total. The van der Waals surface area contributed by atoms with Crippen molar-refractivity contribution in [1.82, 2.24) is 15.5 Å². The van der Waals surface area contributed by atoms with Crippen LogP contribution in [0, 0.1) is 12.7 Å². The molecule has 6 heteroatoms. The number of aryl methyl sites for hydroxylation is 2. The molecule has 5 nitrogen and oxygen atoms in total. The molecule has 0 aliphatic heterocycles. The zero-order valence-corrected chi connectivity index (χ0v) is 13.8. The van der Waals surface area contributed by atoms with E-state index in [1.165, 1.54) is 6.07 Å². The maximum absolute atomic E-state index is 13.5. The quantitative estimate of drug-likeness (QED) is 0.747. The van der Waals surface area contributed by atoms with E-state index in [0.717, 1.165) is 11.1 Å². The highest BCUT2D eigenvalue weighted by molar-refractivity contribution is 5.76. The van der Waals surface area contributed by atoms with Crippen LogP contribution in [0.25, 0.3) is 11.4 Å². The maximum atomic E-state index is 13.5. The zero-order chi connectivity index (χ0) is 17.6. The second-order valence-electron chi connectivity index (χ2n) is 5.75. The third kappa shape index (κ3) is 4.50. The van der Waals surface area contributed by atoms with E-state index in [2.05, 4.69) is 15.5 Å². The normalized spacial score (nSPS) is 10.6. The summed E-state index contributed by atoms with van der Waals surface area (Å²) in [5.74, 6) is 0.318. The van der Waals surface area contributed by atoms with Gasteiger partial charge in [-0.2, -0.15) is 4.98 Å². The Hall–Kier alpha value is -3.02. The molecule has 0 radical (unpaired) electrons. The molecule has 0 bridgehead atoms. The van der Waals surface area contributed by atoms with Crippen LogP contribution in [0.4, 0.5) is 4.39 Å². The van der Waals surface area contributed by atoms with Crippen molar-refractivity contribution in [3.05, 3.63) is 71.4 Å². The number of aromatic nitrogens is 2. The molecule has 0 fully saturated rings. The highest BCUT2D eigenvalue weighted by Gasteiger charge is 2.10. The fourth-order valence-electron chi connectivity index (χ4n) is 2.36. The van der Waals surface area contributed by atoms with Crippen molar-refractivity contribution in [2.75, 3.05) is 0 Å². The van der Waals surface area contributed by atoms with Crippen molar-refractivity contribution in [2.45, 2.75) is 26.3 Å². The van der Waals surface area contributed by atoms with Gasteiger partial charge in [-0.15, -0.1) is 0 Å². The minimum absolute atomic E-state index is 0.148. The van der Waals surface area contributed by atoms with Crippen LogP contribution in [0.3, 0.4) is 0 Å². The summed E-state index contributed by atoms with van der Waals surface area (Å²) in [5, 5.41) is 6.62. The van der Waals surface area contributed by atoms with Crippen LogP contribution in [-0.2, 0) is 17.8 Å². The fraction of sp³-hybridized carbons (Fsp3) is 0.211. The van der Waals surface area contributed by atoms with E-state index < -0.39 is 0 Å². The average molecular weight is 339 g/mol. The molecular weight excluding hydrogens is 321 g/mol. The molecule has 3 rings (SSSR count). The lowest BCUT2D eigenvalue weighted by atomic mass is 10.1. The van der Waals surface area contributed by atoms with Gasteiger partial charge in [0.05, 0.1) is 6.54 Å². The molecule has 0 unspecified atom stereocenters. The number of nitrogens with one attached hydrogen (secondary N) is 1. The number of rotatable bonds is 6. The summed E-state index contributed by atoms with van der Waals surface area (Å²) in [6.07, 6.45) is 0.539. The van der Waals surface area contributed by atoms with Gasteiger partial charge in [-0.1, -0.05) is 53.2 Å². The Morgan fingerprint density at radius 2 is 1.92 bits per heavy atom. The standard InChI is InChI=1S/C19H18FN3O2/c1-13-6-8-15(9-7-13)19-22-18(25-23-19)12-21-17(24)11-10-14-4-2-3-5-16(14)20/h2-9H,10-12H2,1H3,(H,21,24). The van der Waals surface area contributed by atoms with E-state index in [9.17, 15) is 9.18 Å². The van der Waals surface area contributed by atoms with Crippen LogP contribution >= 0.6 is 0 Å². The van der Waals surface area contributed by atoms with Crippen LogP contribution in [0.2, 0.25) is 0 Å². The molecule has 1 aromatic heterocycles. The van der Waals surface area contributed by atoms with Crippen molar-refractivity contribution >= 4 is 5.91 Å². The van der Waals surface area contributed by atoms with Gasteiger partial charge in [0.1, 0.15) is 5.82 Å². The van der Waals surface area contributed by atoms with Crippen molar-refractivity contribution in [3.63, 3.8) is 0 Å². The lowest BCUT2D eigenvalue weighted by molar-refractivity contribution is -0.121. The molecule has 1 heterocycles. The molecule has 128 valence electrons. The van der Waals surface area contributed by atoms with Gasteiger partial charge in [-0.05, 0) is 25.0 Å². The van der Waals surface area contributed by atoms with Crippen molar-refractivity contribution in [2.24, 2.45) is 0 Å². The first-order chi connectivity index (χ1) is 12.1. The molecule has 0 atom stereocenters. The Kier molecular flexibility index (Phi) is 5.18. The summed E-state index contributed by atoms with van der Waals surface area (Å²) < 4.78 is 18.7. The Bertz CT molecular complexity index is 859. The smallest absolute Gasteiger partial charge is 0.246 e. The number of halogens is 1. The summed E-state index contributed by atoms with van der Waals surface area (Å²) in [6, 6.07) is 14.2. The van der Waals surface area contributed by atoms with E-state index in [1.54, 1.807) is 18.2 Å². The predicted octanol–water partition coefficient (Wildman–Crippen LogP) is 3.43. The molecule has 1 amide bonds. The third-order valence-electron chi connectivity index (χ3n) is 3.79. The molecule has 0 saturated heterocycles. The molecule has 0 aliphatic rings. The topological polar surface area (TPSA) is 68.0 Å². The maximum Gasteiger partial charge on any atom is 0.246 e. The molecule has 25 heavy (non-hydrogen) atoms. The predicted molar refractivity (Wildman–Crippen MR) is 91.0 cm³/mol. The van der Waals surface area contributed by atoms with Crippen molar-refractivity contribution in [1.29, 1.82) is 0 Å². The average Bonchev–Trinajstić information content (AvgIpc) is 3.09. The van der Waals surface area contributed by atoms with Gasteiger partial charge in [0.15, 0.2) is 0 Å². The Labute approximate surface area is 144 Å². The summed E-state index contributed by atoms with van der Waals surface area (Å²) in [4.78, 5) is 16.2. The molecule has 0 saturated carbocycles. The minimum Gasteiger partial charge on any atom is -0.347 e. The van der Waals surface area contributed by atoms with E-state index in [4.69, 9.17) is 4.52 Å². The lowest BCUT2D eigenvalue weighted by Crippen LogP contribution is -2.23. The first-order valence-corrected chi connectivity index (χ1v) is 8.01. The van der Waals surface area contributed by atoms with Crippen molar-refractivity contribution < 1.29 is 13.7 Å². The summed E-state index contributed by atoms with van der Waals surface area (Å²) in [6.45, 7) is 2.15. The summed E-state index contributed by atoms with van der Waals surface area (Å²) >= 11 is 0. The highest BCUT2D eigenvalue weighted by atomic mass is 19.1. The number of nitrogens with zero attached hydrogens (tertiary/aromatic N) is 2. The lowest BCUT2D eigenvalue weighted by Gasteiger charge is -2.03. The zero-order valence-electron chi connectivity index (χ0n) is 13.8. The van der Waals surface area contributed by atoms with Gasteiger partial charge in [0, 0.05) is 12.0 Å². The van der Waals surface area contributed by atoms with Gasteiger partial charge in [0.25, 0.3) is 0 Å². The molecule has 3 aromatic rings. The monoisotopic (exact) mass is 339 g/mol. The second-order valence-corrected chi connectivity index (χ2v) is 5.75. The first-order valence-electron chi connectivity index (χ1n) is 8.01. The Balaban J connectivity index is 1.51. The van der Waals surface area contributed by atoms with Crippen LogP contribution in [0.15, 0.2) is 53.1 Å². The summed E-state index contributed by atoms with van der Waals surface area (Å²) in [5.41, 5.74) is 2.53. The van der Waals surface area contributed by atoms with Crippen molar-refractivity contribution in [3.8, 4) is 11.4 Å². The first kappa shape index (κ1) is 16.8. The second kappa shape index (κ2) is 7.70. The molecule has 0 spiro atoms. The third-order valence-corrected chi connectivity index (χ3v) is 3.79. The molecule has 0 aliphatic carbocycles. The van der Waals surface area contributed by atoms with Gasteiger partial charge >= 0.3 is 0 Å². The number of hydrogen-bond acceptors (Lipinski definition) is 4. The minimum atomic E-state index is -0.296. The van der Waals surface area contributed by atoms with E-state index in [0.29, 0.717) is 23.7 Å². The largest absolute Gasteiger partial charge is 0.347 e. The van der Waals surface area contributed by atoms with Crippen LogP contribution in [-0.4, -0.2) is 16.0 Å². The van der Waals surface area contributed by atoms with Gasteiger partial charge in [-0.3, -0.25) is 4.79 Å². The van der Waals surface area contributed by atoms with Crippen LogP contribution < -0.4 is 5.32 Å². The van der Waals surface area contributed by atoms with Gasteiger partial charge in [0.2, 0.25) is 17.6 Å². The Morgan fingerprint density at radius 1 is 1.16 bits per heavy atom. The number of hydrogen-bond donors (Lipinski definition) is 1.